The summed E-state index contributed by atoms with van der Waals surface area (Å²) < 4.78 is 16.3. The first-order valence-corrected chi connectivity index (χ1v) is 9.58. The van der Waals surface area contributed by atoms with E-state index in [1.807, 2.05) is 39.0 Å². The summed E-state index contributed by atoms with van der Waals surface area (Å²) in [7, 11) is 0. The molecular weight excluding hydrogens is 370 g/mol. The first-order chi connectivity index (χ1) is 13.9. The molecule has 29 heavy (non-hydrogen) atoms. The smallest absolute Gasteiger partial charge is 0.331 e. The van der Waals surface area contributed by atoms with Crippen LogP contribution in [0.2, 0.25) is 0 Å². The van der Waals surface area contributed by atoms with E-state index in [1.54, 1.807) is 30.3 Å². The number of carbonyl (C=O) groups excluding carboxylic acids is 2. The molecule has 0 saturated heterocycles. The number of carbonyl (C=O) groups is 2. The van der Waals surface area contributed by atoms with Gasteiger partial charge in [-0.15, -0.1) is 0 Å². The number of hydrogen-bond donors (Lipinski definition) is 1. The highest BCUT2D eigenvalue weighted by molar-refractivity contribution is 5.96. The maximum Gasteiger partial charge on any atom is 0.331 e. The Hall–Kier alpha value is -3.28. The zero-order chi connectivity index (χ0) is 21.2. The molecule has 0 saturated carbocycles. The van der Waals surface area contributed by atoms with Crippen molar-refractivity contribution in [3.63, 3.8) is 0 Å². The van der Waals surface area contributed by atoms with Gasteiger partial charge in [0.15, 0.2) is 17.6 Å². The summed E-state index contributed by atoms with van der Waals surface area (Å²) in [6, 6.07) is 12.8. The normalized spacial score (nSPS) is 11.7. The number of ether oxygens (including phenoxy) is 3. The van der Waals surface area contributed by atoms with Gasteiger partial charge in [-0.1, -0.05) is 23.8 Å². The maximum absolute atomic E-state index is 12.2. The molecule has 1 N–H and O–H groups in total. The van der Waals surface area contributed by atoms with Gasteiger partial charge in [0.05, 0.1) is 13.2 Å². The van der Waals surface area contributed by atoms with Gasteiger partial charge in [-0.05, 0) is 63.6 Å². The van der Waals surface area contributed by atoms with Gasteiger partial charge in [-0.3, -0.25) is 4.79 Å². The molecule has 6 heteroatoms. The number of esters is 1. The predicted octanol–water partition coefficient (Wildman–Crippen LogP) is 4.38. The molecule has 1 atom stereocenters. The van der Waals surface area contributed by atoms with Crippen molar-refractivity contribution in [1.82, 2.24) is 0 Å². The van der Waals surface area contributed by atoms with Gasteiger partial charge < -0.3 is 19.5 Å². The molecule has 0 spiro atoms. The van der Waals surface area contributed by atoms with Gasteiger partial charge in [-0.25, -0.2) is 4.79 Å². The third-order valence-corrected chi connectivity index (χ3v) is 3.96. The summed E-state index contributed by atoms with van der Waals surface area (Å²) in [5.41, 5.74) is 2.50. The quantitative estimate of drug-likeness (QED) is 0.502. The van der Waals surface area contributed by atoms with Crippen LogP contribution in [0.5, 0.6) is 11.5 Å². The van der Waals surface area contributed by atoms with Gasteiger partial charge in [0.2, 0.25) is 0 Å². The molecule has 0 aliphatic rings. The van der Waals surface area contributed by atoms with Crippen LogP contribution < -0.4 is 14.8 Å². The van der Waals surface area contributed by atoms with Crippen LogP contribution in [0.1, 0.15) is 31.9 Å². The predicted molar refractivity (Wildman–Crippen MR) is 113 cm³/mol. The van der Waals surface area contributed by atoms with Gasteiger partial charge in [0.1, 0.15) is 0 Å². The van der Waals surface area contributed by atoms with Crippen LogP contribution in [0.3, 0.4) is 0 Å². The van der Waals surface area contributed by atoms with Crippen LogP contribution >= 0.6 is 0 Å². The van der Waals surface area contributed by atoms with E-state index in [0.717, 1.165) is 11.1 Å². The van der Waals surface area contributed by atoms with Crippen LogP contribution in [-0.4, -0.2) is 31.2 Å². The third-order valence-electron chi connectivity index (χ3n) is 3.96. The molecule has 2 aromatic rings. The highest BCUT2D eigenvalue weighted by Crippen LogP contribution is 2.29. The van der Waals surface area contributed by atoms with Gasteiger partial charge >= 0.3 is 5.97 Å². The Balaban J connectivity index is 1.94. The fraction of sp³-hybridized carbons (Fsp3) is 0.304. The Morgan fingerprint density at radius 3 is 2.31 bits per heavy atom. The van der Waals surface area contributed by atoms with Gasteiger partial charge in [0, 0.05) is 11.8 Å². The molecule has 1 amide bonds. The fourth-order valence-electron chi connectivity index (χ4n) is 2.48. The van der Waals surface area contributed by atoms with Crippen LogP contribution in [0.4, 0.5) is 5.69 Å². The zero-order valence-corrected chi connectivity index (χ0v) is 17.2. The van der Waals surface area contributed by atoms with E-state index in [2.05, 4.69) is 5.32 Å². The molecular formula is C23H27NO5. The Bertz CT molecular complexity index is 858. The number of rotatable bonds is 9. The lowest BCUT2D eigenvalue weighted by Gasteiger charge is -2.13. The first kappa shape index (κ1) is 22.0. The average Bonchev–Trinajstić information content (AvgIpc) is 2.70. The molecule has 0 radical (unpaired) electrons. The minimum Gasteiger partial charge on any atom is -0.490 e. The second kappa shape index (κ2) is 10.9. The number of aryl methyl sites for hydroxylation is 1. The largest absolute Gasteiger partial charge is 0.490 e. The van der Waals surface area contributed by atoms with E-state index in [9.17, 15) is 9.59 Å². The molecule has 0 aromatic heterocycles. The number of nitrogens with one attached hydrogen (secondary N) is 1. The summed E-state index contributed by atoms with van der Waals surface area (Å²) in [6.45, 7) is 8.31. The second-order valence-corrected chi connectivity index (χ2v) is 6.34. The SMILES string of the molecule is CCOc1ccc(/C=C/C(=O)O[C@H](C)C(=O)Nc2ccc(C)cc2)cc1OCC. The van der Waals surface area contributed by atoms with E-state index in [-0.39, 0.29) is 0 Å². The molecule has 0 fully saturated rings. The van der Waals surface area contributed by atoms with Crippen LogP contribution in [0, 0.1) is 6.92 Å². The van der Waals surface area contributed by atoms with E-state index >= 15 is 0 Å². The molecule has 2 aromatic carbocycles. The number of anilines is 1. The Morgan fingerprint density at radius 2 is 1.66 bits per heavy atom. The van der Waals surface area contributed by atoms with Crippen molar-refractivity contribution < 1.29 is 23.8 Å². The maximum atomic E-state index is 12.2. The van der Waals surface area contributed by atoms with Crippen molar-refractivity contribution in [2.45, 2.75) is 33.8 Å². The lowest BCUT2D eigenvalue weighted by atomic mass is 10.2. The highest BCUT2D eigenvalue weighted by Gasteiger charge is 2.16. The summed E-state index contributed by atoms with van der Waals surface area (Å²) in [5.74, 6) is 0.255. The molecule has 154 valence electrons. The number of benzene rings is 2. The number of hydrogen-bond acceptors (Lipinski definition) is 5. The molecule has 0 aliphatic heterocycles. The van der Waals surface area contributed by atoms with Crippen molar-refractivity contribution in [1.29, 1.82) is 0 Å². The third kappa shape index (κ3) is 6.99. The summed E-state index contributed by atoms with van der Waals surface area (Å²) in [5, 5.41) is 2.72. The van der Waals surface area contributed by atoms with Crippen molar-refractivity contribution in [3.8, 4) is 11.5 Å². The monoisotopic (exact) mass is 397 g/mol. The minimum absolute atomic E-state index is 0.393. The van der Waals surface area contributed by atoms with Gasteiger partial charge in [0.25, 0.3) is 5.91 Å². The molecule has 0 unspecified atom stereocenters. The van der Waals surface area contributed by atoms with Crippen molar-refractivity contribution in [2.75, 3.05) is 18.5 Å². The molecule has 6 nitrogen and oxygen atoms in total. The summed E-state index contributed by atoms with van der Waals surface area (Å²) in [6.07, 6.45) is 1.96. The van der Waals surface area contributed by atoms with Crippen molar-refractivity contribution in [2.24, 2.45) is 0 Å². The van der Waals surface area contributed by atoms with E-state index < -0.39 is 18.0 Å². The van der Waals surface area contributed by atoms with Crippen molar-refractivity contribution >= 4 is 23.6 Å². The number of amides is 1. The Morgan fingerprint density at radius 1 is 1.00 bits per heavy atom. The zero-order valence-electron chi connectivity index (χ0n) is 17.2. The van der Waals surface area contributed by atoms with Crippen molar-refractivity contribution in [3.05, 3.63) is 59.7 Å². The standard InChI is InChI=1S/C23H27NO5/c1-5-27-20-13-9-18(15-21(20)28-6-2)10-14-22(25)29-17(4)23(26)24-19-11-7-16(3)8-12-19/h7-15,17H,5-6H2,1-4H3,(H,24,26)/b14-10+/t17-/m1/s1. The molecule has 0 bridgehead atoms. The van der Waals surface area contributed by atoms with Gasteiger partial charge in [-0.2, -0.15) is 0 Å². The Kier molecular flexibility index (Phi) is 8.27. The molecule has 2 rings (SSSR count). The average molecular weight is 397 g/mol. The molecule has 0 heterocycles. The van der Waals surface area contributed by atoms with Crippen LogP contribution in [0.15, 0.2) is 48.5 Å². The first-order valence-electron chi connectivity index (χ1n) is 9.58. The van der Waals surface area contributed by atoms with E-state index in [1.165, 1.54) is 13.0 Å². The second-order valence-electron chi connectivity index (χ2n) is 6.34. The lowest BCUT2D eigenvalue weighted by Crippen LogP contribution is -2.29. The van der Waals surface area contributed by atoms with E-state index in [4.69, 9.17) is 14.2 Å². The summed E-state index contributed by atoms with van der Waals surface area (Å²) >= 11 is 0. The molecule has 0 aliphatic carbocycles. The lowest BCUT2D eigenvalue weighted by molar-refractivity contribution is -0.148. The fourth-order valence-corrected chi connectivity index (χ4v) is 2.48. The Labute approximate surface area is 171 Å². The van der Waals surface area contributed by atoms with Crippen LogP contribution in [0.25, 0.3) is 6.08 Å². The minimum atomic E-state index is -0.923. The summed E-state index contributed by atoms with van der Waals surface area (Å²) in [4.78, 5) is 24.2. The van der Waals surface area contributed by atoms with E-state index in [0.29, 0.717) is 30.4 Å². The topological polar surface area (TPSA) is 73.9 Å². The van der Waals surface area contributed by atoms with Crippen LogP contribution in [-0.2, 0) is 14.3 Å². The highest BCUT2D eigenvalue weighted by atomic mass is 16.5.